The van der Waals surface area contributed by atoms with Crippen molar-refractivity contribution < 1.29 is 18.6 Å². The second-order valence-corrected chi connectivity index (χ2v) is 6.08. The van der Waals surface area contributed by atoms with Crippen LogP contribution in [0.25, 0.3) is 0 Å². The van der Waals surface area contributed by atoms with Crippen LogP contribution in [0, 0.1) is 0 Å². The maximum atomic E-state index is 5.74. The molecule has 0 fully saturated rings. The van der Waals surface area contributed by atoms with Crippen LogP contribution < -0.4 is 20.1 Å². The molecule has 2 heterocycles. The summed E-state index contributed by atoms with van der Waals surface area (Å²) in [5.74, 6) is 3.12. The van der Waals surface area contributed by atoms with Crippen molar-refractivity contribution >= 4 is 35.6 Å². The summed E-state index contributed by atoms with van der Waals surface area (Å²) in [6, 6.07) is 9.60. The van der Waals surface area contributed by atoms with Gasteiger partial charge in [-0.3, -0.25) is 4.99 Å². The average molecular weight is 501 g/mol. The van der Waals surface area contributed by atoms with Crippen LogP contribution in [0.3, 0.4) is 0 Å². The van der Waals surface area contributed by atoms with Gasteiger partial charge in [-0.2, -0.15) is 0 Å². The van der Waals surface area contributed by atoms with Gasteiger partial charge in [0, 0.05) is 37.9 Å². The first-order chi connectivity index (χ1) is 13.3. The number of nitrogens with one attached hydrogen (secondary N) is 2. The van der Waals surface area contributed by atoms with E-state index < -0.39 is 0 Å². The predicted octanol–water partition coefficient (Wildman–Crippen LogP) is 4.04. The van der Waals surface area contributed by atoms with Gasteiger partial charge in [0.15, 0.2) is 17.5 Å². The molecule has 1 aromatic carbocycles. The molecule has 2 aromatic rings. The first-order valence-electron chi connectivity index (χ1n) is 9.40. The molecule has 154 valence electrons. The SMILES string of the molecule is CCNC(=NCCCOCc1ccco1)Nc1ccc2c(c1)OCCCO2.I. The summed E-state index contributed by atoms with van der Waals surface area (Å²) in [5, 5.41) is 6.56. The van der Waals surface area contributed by atoms with Crippen molar-refractivity contribution in [2.75, 3.05) is 38.2 Å². The molecule has 3 rings (SSSR count). The Morgan fingerprint density at radius 1 is 1.18 bits per heavy atom. The van der Waals surface area contributed by atoms with Gasteiger partial charge in [0.2, 0.25) is 0 Å². The van der Waals surface area contributed by atoms with Gasteiger partial charge in [-0.15, -0.1) is 24.0 Å². The number of ether oxygens (including phenoxy) is 3. The van der Waals surface area contributed by atoms with E-state index in [0.717, 1.165) is 48.3 Å². The molecular formula is C20H28IN3O4. The van der Waals surface area contributed by atoms with Gasteiger partial charge in [0.05, 0.1) is 19.5 Å². The molecule has 0 radical (unpaired) electrons. The molecule has 0 saturated carbocycles. The smallest absolute Gasteiger partial charge is 0.195 e. The standard InChI is InChI=1S/C20H27N3O4.HI/c1-2-21-20(22-9-4-10-24-15-17-6-3-11-25-17)23-16-7-8-18-19(14-16)27-13-5-12-26-18;/h3,6-8,11,14H,2,4-5,9-10,12-13,15H2,1H3,(H2,21,22,23);1H. The lowest BCUT2D eigenvalue weighted by atomic mass is 10.3. The van der Waals surface area contributed by atoms with E-state index in [1.54, 1.807) is 6.26 Å². The fourth-order valence-electron chi connectivity index (χ4n) is 2.61. The molecule has 0 spiro atoms. The zero-order chi connectivity index (χ0) is 18.7. The van der Waals surface area contributed by atoms with Crippen LogP contribution in [-0.4, -0.2) is 38.9 Å². The van der Waals surface area contributed by atoms with Crippen LogP contribution in [-0.2, 0) is 11.3 Å². The van der Waals surface area contributed by atoms with Gasteiger partial charge >= 0.3 is 0 Å². The summed E-state index contributed by atoms with van der Waals surface area (Å²) >= 11 is 0. The topological polar surface area (TPSA) is 77.3 Å². The predicted molar refractivity (Wildman–Crippen MR) is 120 cm³/mol. The number of nitrogens with zero attached hydrogens (tertiary/aromatic N) is 1. The van der Waals surface area contributed by atoms with Crippen molar-refractivity contribution in [1.29, 1.82) is 0 Å². The highest BCUT2D eigenvalue weighted by Gasteiger charge is 2.11. The van der Waals surface area contributed by atoms with Gasteiger partial charge < -0.3 is 29.3 Å². The van der Waals surface area contributed by atoms with Gasteiger partial charge in [-0.1, -0.05) is 0 Å². The second kappa shape index (κ2) is 12.5. The number of halogens is 1. The van der Waals surface area contributed by atoms with Crippen LogP contribution in [0.15, 0.2) is 46.0 Å². The molecule has 0 atom stereocenters. The number of guanidine groups is 1. The number of aliphatic imine (C=N–C) groups is 1. The molecule has 1 aromatic heterocycles. The Hall–Kier alpha value is -1.94. The van der Waals surface area contributed by atoms with E-state index in [9.17, 15) is 0 Å². The quantitative estimate of drug-likeness (QED) is 0.246. The van der Waals surface area contributed by atoms with Crippen molar-refractivity contribution in [3.8, 4) is 11.5 Å². The summed E-state index contributed by atoms with van der Waals surface area (Å²) in [6.45, 7) is 5.97. The molecule has 0 unspecified atom stereocenters. The first-order valence-corrected chi connectivity index (χ1v) is 9.40. The molecule has 8 heteroatoms. The third-order valence-electron chi connectivity index (χ3n) is 3.90. The highest BCUT2D eigenvalue weighted by molar-refractivity contribution is 14.0. The van der Waals surface area contributed by atoms with Gasteiger partial charge in [0.25, 0.3) is 0 Å². The molecule has 0 saturated heterocycles. The number of fused-ring (bicyclic) bond motifs is 1. The lowest BCUT2D eigenvalue weighted by molar-refractivity contribution is 0.105. The number of rotatable bonds is 8. The van der Waals surface area contributed by atoms with E-state index in [1.165, 1.54) is 0 Å². The number of anilines is 1. The molecule has 1 aliphatic heterocycles. The van der Waals surface area contributed by atoms with Gasteiger partial charge in [0.1, 0.15) is 12.4 Å². The van der Waals surface area contributed by atoms with E-state index in [0.29, 0.717) is 33.0 Å². The Labute approximate surface area is 182 Å². The van der Waals surface area contributed by atoms with E-state index in [1.807, 2.05) is 37.3 Å². The zero-order valence-corrected chi connectivity index (χ0v) is 18.4. The third-order valence-corrected chi connectivity index (χ3v) is 3.90. The van der Waals surface area contributed by atoms with Crippen LogP contribution in [0.5, 0.6) is 11.5 Å². The van der Waals surface area contributed by atoms with Crippen molar-refractivity contribution in [2.45, 2.75) is 26.4 Å². The molecule has 28 heavy (non-hydrogen) atoms. The Morgan fingerprint density at radius 3 is 2.82 bits per heavy atom. The number of benzene rings is 1. The maximum Gasteiger partial charge on any atom is 0.195 e. The van der Waals surface area contributed by atoms with Crippen molar-refractivity contribution in [3.63, 3.8) is 0 Å². The van der Waals surface area contributed by atoms with Crippen LogP contribution in [0.2, 0.25) is 0 Å². The number of hydrogen-bond donors (Lipinski definition) is 2. The molecule has 1 aliphatic rings. The highest BCUT2D eigenvalue weighted by Crippen LogP contribution is 2.32. The van der Waals surface area contributed by atoms with Crippen molar-refractivity contribution in [3.05, 3.63) is 42.4 Å². The molecule has 7 nitrogen and oxygen atoms in total. The third kappa shape index (κ3) is 7.23. The Kier molecular flexibility index (Phi) is 9.98. The molecule has 2 N–H and O–H groups in total. The van der Waals surface area contributed by atoms with Crippen molar-refractivity contribution in [2.24, 2.45) is 4.99 Å². The second-order valence-electron chi connectivity index (χ2n) is 6.08. The van der Waals surface area contributed by atoms with E-state index in [4.69, 9.17) is 18.6 Å². The van der Waals surface area contributed by atoms with Crippen LogP contribution in [0.1, 0.15) is 25.5 Å². The lowest BCUT2D eigenvalue weighted by Crippen LogP contribution is -2.30. The maximum absolute atomic E-state index is 5.74. The Morgan fingerprint density at radius 2 is 2.04 bits per heavy atom. The Balaban J connectivity index is 0.00000280. The molecule has 0 aliphatic carbocycles. The minimum atomic E-state index is 0. The Bertz CT molecular complexity index is 722. The number of hydrogen-bond acceptors (Lipinski definition) is 5. The van der Waals surface area contributed by atoms with Gasteiger partial charge in [-0.05, 0) is 37.6 Å². The largest absolute Gasteiger partial charge is 0.490 e. The highest BCUT2D eigenvalue weighted by atomic mass is 127. The fourth-order valence-corrected chi connectivity index (χ4v) is 2.61. The summed E-state index contributed by atoms with van der Waals surface area (Å²) in [5.41, 5.74) is 0.910. The molecular weight excluding hydrogens is 473 g/mol. The summed E-state index contributed by atoms with van der Waals surface area (Å²) in [7, 11) is 0. The molecule has 0 bridgehead atoms. The zero-order valence-electron chi connectivity index (χ0n) is 16.1. The minimum Gasteiger partial charge on any atom is -0.490 e. The lowest BCUT2D eigenvalue weighted by Gasteiger charge is -2.13. The van der Waals surface area contributed by atoms with Crippen LogP contribution >= 0.6 is 24.0 Å². The molecule has 0 amide bonds. The normalized spacial score (nSPS) is 13.4. The van der Waals surface area contributed by atoms with Gasteiger partial charge in [-0.25, -0.2) is 0 Å². The van der Waals surface area contributed by atoms with Crippen LogP contribution in [0.4, 0.5) is 5.69 Å². The average Bonchev–Trinajstić information content (AvgIpc) is 3.08. The fraction of sp³-hybridized carbons (Fsp3) is 0.450. The summed E-state index contributed by atoms with van der Waals surface area (Å²) in [4.78, 5) is 4.59. The minimum absolute atomic E-state index is 0. The van der Waals surface area contributed by atoms with E-state index >= 15 is 0 Å². The van der Waals surface area contributed by atoms with Crippen molar-refractivity contribution in [1.82, 2.24) is 5.32 Å². The summed E-state index contributed by atoms with van der Waals surface area (Å²) in [6.07, 6.45) is 3.37. The summed E-state index contributed by atoms with van der Waals surface area (Å²) < 4.78 is 22.2. The van der Waals surface area contributed by atoms with E-state index in [-0.39, 0.29) is 24.0 Å². The first kappa shape index (κ1) is 22.4. The monoisotopic (exact) mass is 501 g/mol. The number of furan rings is 1. The van der Waals surface area contributed by atoms with E-state index in [2.05, 4.69) is 15.6 Å².